The van der Waals surface area contributed by atoms with Gasteiger partial charge in [-0.05, 0) is 54.4 Å². The lowest BCUT2D eigenvalue weighted by molar-refractivity contribution is -0.127. The molecule has 2 aromatic rings. The third-order valence-corrected chi connectivity index (χ3v) is 6.15. The van der Waals surface area contributed by atoms with Crippen molar-refractivity contribution in [1.82, 2.24) is 10.6 Å². The fourth-order valence-electron chi connectivity index (χ4n) is 3.09. The molecule has 2 aromatic carbocycles. The summed E-state index contributed by atoms with van der Waals surface area (Å²) in [5, 5.41) is 6.17. The first-order valence-corrected chi connectivity index (χ1v) is 10.7. The van der Waals surface area contributed by atoms with Crippen LogP contribution in [0.2, 0.25) is 0 Å². The van der Waals surface area contributed by atoms with Gasteiger partial charge in [-0.1, -0.05) is 31.2 Å². The van der Waals surface area contributed by atoms with Crippen molar-refractivity contribution in [3.63, 3.8) is 0 Å². The van der Waals surface area contributed by atoms with Crippen molar-refractivity contribution in [3.8, 4) is 0 Å². The molecule has 1 aliphatic heterocycles. The van der Waals surface area contributed by atoms with Crippen molar-refractivity contribution < 1.29 is 17.6 Å². The normalized spacial score (nSPS) is 16.4. The molecule has 0 bridgehead atoms. The SMILES string of the molecule is CC(C(=O)NC(c1ccc(F)cc1)c1cccc(S(C)(=O)=O)c1)C1CNC1.Cl. The smallest absolute Gasteiger partial charge is 0.223 e. The molecule has 8 heteroatoms. The first-order chi connectivity index (χ1) is 12.8. The van der Waals surface area contributed by atoms with E-state index in [-0.39, 0.29) is 40.9 Å². The van der Waals surface area contributed by atoms with E-state index in [0.717, 1.165) is 19.3 Å². The molecule has 1 aliphatic rings. The Balaban J connectivity index is 0.00000280. The predicted molar refractivity (Wildman–Crippen MR) is 109 cm³/mol. The van der Waals surface area contributed by atoms with E-state index < -0.39 is 15.9 Å². The van der Waals surface area contributed by atoms with Gasteiger partial charge in [0.15, 0.2) is 9.84 Å². The summed E-state index contributed by atoms with van der Waals surface area (Å²) in [4.78, 5) is 12.9. The Morgan fingerprint density at radius 3 is 2.32 bits per heavy atom. The molecule has 3 rings (SSSR count). The highest BCUT2D eigenvalue weighted by atomic mass is 35.5. The van der Waals surface area contributed by atoms with E-state index in [0.29, 0.717) is 11.1 Å². The van der Waals surface area contributed by atoms with Crippen molar-refractivity contribution in [1.29, 1.82) is 0 Å². The van der Waals surface area contributed by atoms with Crippen LogP contribution < -0.4 is 10.6 Å². The van der Waals surface area contributed by atoms with E-state index in [1.165, 1.54) is 18.2 Å². The van der Waals surface area contributed by atoms with Gasteiger partial charge in [-0.3, -0.25) is 4.79 Å². The molecule has 28 heavy (non-hydrogen) atoms. The summed E-state index contributed by atoms with van der Waals surface area (Å²) in [5.74, 6) is -0.378. The topological polar surface area (TPSA) is 75.3 Å². The van der Waals surface area contributed by atoms with E-state index in [1.54, 1.807) is 30.3 Å². The summed E-state index contributed by atoms with van der Waals surface area (Å²) < 4.78 is 37.2. The van der Waals surface area contributed by atoms with Crippen molar-refractivity contribution >= 4 is 28.2 Å². The molecule has 1 saturated heterocycles. The maximum atomic E-state index is 13.3. The summed E-state index contributed by atoms with van der Waals surface area (Å²) in [7, 11) is -3.38. The lowest BCUT2D eigenvalue weighted by Crippen LogP contribution is -2.50. The van der Waals surface area contributed by atoms with Crippen LogP contribution in [0.5, 0.6) is 0 Å². The molecule has 0 aliphatic carbocycles. The van der Waals surface area contributed by atoms with E-state index in [2.05, 4.69) is 10.6 Å². The second-order valence-corrected chi connectivity index (χ2v) is 9.06. The minimum Gasteiger partial charge on any atom is -0.345 e. The first-order valence-electron chi connectivity index (χ1n) is 8.82. The number of hydrogen-bond donors (Lipinski definition) is 2. The zero-order valence-corrected chi connectivity index (χ0v) is 17.3. The molecule has 1 heterocycles. The Kier molecular flexibility index (Phi) is 7.20. The van der Waals surface area contributed by atoms with Crippen LogP contribution in [0.25, 0.3) is 0 Å². The van der Waals surface area contributed by atoms with Crippen LogP contribution in [-0.2, 0) is 14.6 Å². The van der Waals surface area contributed by atoms with Gasteiger partial charge in [-0.25, -0.2) is 12.8 Å². The Morgan fingerprint density at radius 2 is 1.79 bits per heavy atom. The van der Waals surface area contributed by atoms with E-state index >= 15 is 0 Å². The van der Waals surface area contributed by atoms with E-state index in [4.69, 9.17) is 0 Å². The second kappa shape index (κ2) is 9.03. The molecule has 0 saturated carbocycles. The number of benzene rings is 2. The highest BCUT2D eigenvalue weighted by Crippen LogP contribution is 2.26. The highest BCUT2D eigenvalue weighted by molar-refractivity contribution is 7.90. The first kappa shape index (κ1) is 22.3. The molecule has 2 unspecified atom stereocenters. The number of amides is 1. The van der Waals surface area contributed by atoms with Gasteiger partial charge >= 0.3 is 0 Å². The lowest BCUT2D eigenvalue weighted by Gasteiger charge is -2.33. The van der Waals surface area contributed by atoms with Gasteiger partial charge in [0.05, 0.1) is 10.9 Å². The van der Waals surface area contributed by atoms with Crippen LogP contribution in [0.4, 0.5) is 4.39 Å². The van der Waals surface area contributed by atoms with Crippen LogP contribution in [0, 0.1) is 17.7 Å². The summed E-state index contributed by atoms with van der Waals surface area (Å²) in [6, 6.07) is 11.8. The molecule has 0 spiro atoms. The van der Waals surface area contributed by atoms with Crippen LogP contribution in [0.15, 0.2) is 53.4 Å². The van der Waals surface area contributed by atoms with E-state index in [9.17, 15) is 17.6 Å². The molecule has 1 fully saturated rings. The van der Waals surface area contributed by atoms with Crippen LogP contribution in [0.3, 0.4) is 0 Å². The minimum atomic E-state index is -3.38. The Labute approximate surface area is 171 Å². The monoisotopic (exact) mass is 426 g/mol. The Bertz CT molecular complexity index is 931. The molecule has 2 N–H and O–H groups in total. The fraction of sp³-hybridized carbons (Fsp3) is 0.350. The van der Waals surface area contributed by atoms with Gasteiger partial charge in [0, 0.05) is 12.2 Å². The fourth-order valence-corrected chi connectivity index (χ4v) is 3.77. The number of carbonyl (C=O) groups excluding carboxylic acids is 1. The van der Waals surface area contributed by atoms with Crippen LogP contribution >= 0.6 is 12.4 Å². The molecule has 152 valence electrons. The second-order valence-electron chi connectivity index (χ2n) is 7.04. The number of sulfone groups is 1. The summed E-state index contributed by atoms with van der Waals surface area (Å²) >= 11 is 0. The number of halogens is 2. The van der Waals surface area contributed by atoms with Crippen molar-refractivity contribution in [2.75, 3.05) is 19.3 Å². The maximum absolute atomic E-state index is 13.3. The van der Waals surface area contributed by atoms with Gasteiger partial charge in [0.2, 0.25) is 5.91 Å². The maximum Gasteiger partial charge on any atom is 0.223 e. The van der Waals surface area contributed by atoms with Crippen LogP contribution in [0.1, 0.15) is 24.1 Å². The molecule has 0 radical (unpaired) electrons. The molecule has 0 aromatic heterocycles. The quantitative estimate of drug-likeness (QED) is 0.744. The van der Waals surface area contributed by atoms with Gasteiger partial charge in [0.25, 0.3) is 0 Å². The summed E-state index contributed by atoms with van der Waals surface area (Å²) in [5.41, 5.74) is 1.33. The molecular weight excluding hydrogens is 403 g/mol. The number of hydrogen-bond acceptors (Lipinski definition) is 4. The van der Waals surface area contributed by atoms with Crippen LogP contribution in [-0.4, -0.2) is 33.7 Å². The molecular formula is C20H24ClFN2O3S. The zero-order valence-electron chi connectivity index (χ0n) is 15.7. The third-order valence-electron chi connectivity index (χ3n) is 5.04. The average molecular weight is 427 g/mol. The summed E-state index contributed by atoms with van der Waals surface area (Å²) in [6.07, 6.45) is 1.14. The Morgan fingerprint density at radius 1 is 1.14 bits per heavy atom. The lowest BCUT2D eigenvalue weighted by atomic mass is 9.87. The molecule has 5 nitrogen and oxygen atoms in total. The summed E-state index contributed by atoms with van der Waals surface area (Å²) in [6.45, 7) is 3.49. The molecule has 2 atom stereocenters. The van der Waals surface area contributed by atoms with E-state index in [1.807, 2.05) is 6.92 Å². The van der Waals surface area contributed by atoms with Gasteiger partial charge in [-0.2, -0.15) is 0 Å². The van der Waals surface area contributed by atoms with Crippen molar-refractivity contribution in [3.05, 3.63) is 65.5 Å². The largest absolute Gasteiger partial charge is 0.345 e. The van der Waals surface area contributed by atoms with Crippen molar-refractivity contribution in [2.24, 2.45) is 11.8 Å². The molecule has 1 amide bonds. The highest BCUT2D eigenvalue weighted by Gasteiger charge is 2.30. The standard InChI is InChI=1S/C20H23FN2O3S.ClH/c1-13(16-11-22-12-16)20(24)23-19(14-6-8-17(21)9-7-14)15-4-3-5-18(10-15)27(2,25)26;/h3-10,13,16,19,22H,11-12H2,1-2H3,(H,23,24);1H. The zero-order chi connectivity index (χ0) is 19.6. The van der Waals surface area contributed by atoms with Gasteiger partial charge < -0.3 is 10.6 Å². The number of rotatable bonds is 6. The van der Waals surface area contributed by atoms with Gasteiger partial charge in [0.1, 0.15) is 5.82 Å². The Hall–Kier alpha value is -1.96. The average Bonchev–Trinajstić information content (AvgIpc) is 2.58. The third kappa shape index (κ3) is 5.10. The number of carbonyl (C=O) groups is 1. The number of nitrogens with one attached hydrogen (secondary N) is 2. The van der Waals surface area contributed by atoms with Gasteiger partial charge in [-0.15, -0.1) is 12.4 Å². The minimum absolute atomic E-state index is 0. The predicted octanol–water partition coefficient (Wildman–Crippen LogP) is 2.71. The van der Waals surface area contributed by atoms with Crippen molar-refractivity contribution in [2.45, 2.75) is 17.9 Å².